The highest BCUT2D eigenvalue weighted by Crippen LogP contribution is 2.21. The number of aromatic amines is 1. The van der Waals surface area contributed by atoms with Crippen molar-refractivity contribution in [1.29, 1.82) is 0 Å². The Kier molecular flexibility index (Phi) is 7.13. The molecule has 0 saturated carbocycles. The van der Waals surface area contributed by atoms with E-state index >= 15 is 0 Å². The zero-order valence-corrected chi connectivity index (χ0v) is 18.6. The monoisotopic (exact) mass is 457 g/mol. The van der Waals surface area contributed by atoms with E-state index in [0.717, 1.165) is 5.56 Å². The molecule has 0 fully saturated rings. The molecule has 0 unspecified atom stereocenters. The number of carbonyl (C=O) groups is 1. The van der Waals surface area contributed by atoms with Gasteiger partial charge in [0.15, 0.2) is 5.65 Å². The maximum Gasteiger partial charge on any atom is 0.253 e. The molecule has 8 nitrogen and oxygen atoms in total. The van der Waals surface area contributed by atoms with Gasteiger partial charge >= 0.3 is 0 Å². The summed E-state index contributed by atoms with van der Waals surface area (Å²) in [5, 5.41) is 2.88. The largest absolute Gasteiger partial charge is 0.352 e. The number of sulfonamides is 1. The highest BCUT2D eigenvalue weighted by atomic mass is 32.2. The van der Waals surface area contributed by atoms with Gasteiger partial charge in [-0.2, -0.15) is 0 Å². The maximum atomic E-state index is 12.7. The first-order valence-electron chi connectivity index (χ1n) is 9.57. The Morgan fingerprint density at radius 3 is 2.68 bits per heavy atom. The van der Waals surface area contributed by atoms with Gasteiger partial charge < -0.3 is 10.3 Å². The quantitative estimate of drug-likeness (QED) is 0.291. The van der Waals surface area contributed by atoms with E-state index < -0.39 is 10.0 Å². The number of carbonyl (C=O) groups excluding carboxylic acids is 1. The normalized spacial score (nSPS) is 12.0. The average Bonchev–Trinajstić information content (AvgIpc) is 3.19. The number of anilines is 1. The molecule has 3 N–H and O–H groups in total. The van der Waals surface area contributed by atoms with Crippen LogP contribution in [-0.2, 0) is 16.4 Å². The SMILES string of the molecule is C=C/C=C(\S)c1nc2c(C(=O)NCCc3ccc(NS(=O)(=O)CC)cc3)ccnc2[nH]1. The molecule has 0 saturated heterocycles. The Hall–Kier alpha value is -3.11. The van der Waals surface area contributed by atoms with Crippen LogP contribution in [-0.4, -0.2) is 41.6 Å². The molecule has 0 aliphatic heterocycles. The van der Waals surface area contributed by atoms with Crippen LogP contribution < -0.4 is 10.0 Å². The van der Waals surface area contributed by atoms with Crippen LogP contribution in [0, 0.1) is 0 Å². The fourth-order valence-corrected chi connectivity index (χ4v) is 3.66. The van der Waals surface area contributed by atoms with Crippen LogP contribution >= 0.6 is 12.6 Å². The molecule has 1 aromatic carbocycles. The third kappa shape index (κ3) is 5.74. The summed E-state index contributed by atoms with van der Waals surface area (Å²) in [6.07, 6.45) is 5.43. The van der Waals surface area contributed by atoms with Crippen LogP contribution in [0.3, 0.4) is 0 Å². The molecule has 0 spiro atoms. The van der Waals surface area contributed by atoms with E-state index in [4.69, 9.17) is 0 Å². The minimum Gasteiger partial charge on any atom is -0.352 e. The molecule has 31 heavy (non-hydrogen) atoms. The van der Waals surface area contributed by atoms with Gasteiger partial charge in [0.1, 0.15) is 11.3 Å². The molecular weight excluding hydrogens is 434 g/mol. The Balaban J connectivity index is 1.64. The lowest BCUT2D eigenvalue weighted by molar-refractivity contribution is 0.0955. The number of rotatable bonds is 9. The zero-order valence-electron chi connectivity index (χ0n) is 16.9. The highest BCUT2D eigenvalue weighted by Gasteiger charge is 2.15. The van der Waals surface area contributed by atoms with Crippen LogP contribution in [0.2, 0.25) is 0 Å². The van der Waals surface area contributed by atoms with E-state index in [1.165, 1.54) is 0 Å². The number of fused-ring (bicyclic) bond motifs is 1. The average molecular weight is 458 g/mol. The molecule has 3 aromatic rings. The molecule has 0 radical (unpaired) electrons. The first kappa shape index (κ1) is 22.6. The number of hydrogen-bond donors (Lipinski definition) is 4. The standard InChI is InChI=1S/C21H23N5O3S2/c1-3-5-17(30)19-24-18-16(11-13-22-20(18)25-19)21(27)23-12-10-14-6-8-15(9-7-14)26-31(28,29)4-2/h3,5-9,11,13,26,30H,1,4,10,12H2,2H3,(H,23,27)(H,22,24,25)/b17-5-. The number of nitrogens with zero attached hydrogens (tertiary/aromatic N) is 2. The number of hydrogen-bond acceptors (Lipinski definition) is 6. The minimum absolute atomic E-state index is 0.0143. The Morgan fingerprint density at radius 2 is 2.00 bits per heavy atom. The second-order valence-corrected chi connectivity index (χ2v) is 9.13. The van der Waals surface area contributed by atoms with E-state index in [1.54, 1.807) is 43.5 Å². The highest BCUT2D eigenvalue weighted by molar-refractivity contribution is 7.92. The summed E-state index contributed by atoms with van der Waals surface area (Å²) in [6, 6.07) is 8.67. The molecule has 10 heteroatoms. The summed E-state index contributed by atoms with van der Waals surface area (Å²) in [6.45, 7) is 5.62. The van der Waals surface area contributed by atoms with Crippen molar-refractivity contribution in [2.24, 2.45) is 0 Å². The smallest absolute Gasteiger partial charge is 0.253 e. The molecule has 2 aromatic heterocycles. The van der Waals surface area contributed by atoms with E-state index in [0.29, 0.717) is 46.1 Å². The van der Waals surface area contributed by atoms with Crippen LogP contribution in [0.25, 0.3) is 16.1 Å². The molecular formula is C21H23N5O3S2. The Bertz CT molecular complexity index is 1230. The second-order valence-electron chi connectivity index (χ2n) is 6.64. The van der Waals surface area contributed by atoms with E-state index in [2.05, 4.69) is 44.2 Å². The number of amides is 1. The van der Waals surface area contributed by atoms with Crippen molar-refractivity contribution >= 4 is 50.3 Å². The van der Waals surface area contributed by atoms with Gasteiger partial charge in [-0.3, -0.25) is 9.52 Å². The predicted molar refractivity (Wildman–Crippen MR) is 127 cm³/mol. The van der Waals surface area contributed by atoms with Gasteiger partial charge in [-0.05, 0) is 43.2 Å². The molecule has 3 rings (SSSR count). The topological polar surface area (TPSA) is 117 Å². The van der Waals surface area contributed by atoms with Crippen LogP contribution in [0.4, 0.5) is 5.69 Å². The number of pyridine rings is 1. The number of nitrogens with one attached hydrogen (secondary N) is 3. The summed E-state index contributed by atoms with van der Waals surface area (Å²) in [5.41, 5.74) is 2.85. The van der Waals surface area contributed by atoms with Gasteiger partial charge in [-0.25, -0.2) is 18.4 Å². The molecule has 0 bridgehead atoms. The minimum atomic E-state index is -3.30. The van der Waals surface area contributed by atoms with Gasteiger partial charge in [-0.15, -0.1) is 12.6 Å². The lowest BCUT2D eigenvalue weighted by Gasteiger charge is -2.08. The molecule has 0 aliphatic rings. The fourth-order valence-electron chi connectivity index (χ4n) is 2.81. The summed E-state index contributed by atoms with van der Waals surface area (Å²) in [4.78, 5) is 25.0. The Morgan fingerprint density at radius 1 is 1.26 bits per heavy atom. The van der Waals surface area contributed by atoms with Crippen LogP contribution in [0.5, 0.6) is 0 Å². The Labute approximate surface area is 186 Å². The number of H-pyrrole nitrogens is 1. The second kappa shape index (κ2) is 9.80. The number of aromatic nitrogens is 3. The fraction of sp³-hybridized carbons (Fsp3) is 0.190. The van der Waals surface area contributed by atoms with Crippen LogP contribution in [0.15, 0.2) is 55.3 Å². The van der Waals surface area contributed by atoms with E-state index in [1.807, 2.05) is 12.1 Å². The van der Waals surface area contributed by atoms with Crippen molar-refractivity contribution in [2.75, 3.05) is 17.0 Å². The van der Waals surface area contributed by atoms with E-state index in [9.17, 15) is 13.2 Å². The summed E-state index contributed by atoms with van der Waals surface area (Å²) >= 11 is 4.36. The van der Waals surface area contributed by atoms with Gasteiger partial charge in [0, 0.05) is 23.3 Å². The van der Waals surface area contributed by atoms with Crippen molar-refractivity contribution < 1.29 is 13.2 Å². The van der Waals surface area contributed by atoms with Crippen molar-refractivity contribution in [3.63, 3.8) is 0 Å². The molecule has 0 aliphatic carbocycles. The summed E-state index contributed by atoms with van der Waals surface area (Å²) in [5.74, 6) is 0.261. The van der Waals surface area contributed by atoms with Crippen molar-refractivity contribution in [3.8, 4) is 0 Å². The summed E-state index contributed by atoms with van der Waals surface area (Å²) < 4.78 is 25.7. The lowest BCUT2D eigenvalue weighted by Crippen LogP contribution is -2.26. The lowest BCUT2D eigenvalue weighted by atomic mass is 10.1. The third-order valence-corrected chi connectivity index (χ3v) is 6.12. The van der Waals surface area contributed by atoms with E-state index in [-0.39, 0.29) is 11.7 Å². The molecule has 1 amide bonds. The maximum absolute atomic E-state index is 12.7. The third-order valence-electron chi connectivity index (χ3n) is 4.45. The first-order valence-corrected chi connectivity index (χ1v) is 11.7. The van der Waals surface area contributed by atoms with Crippen molar-refractivity contribution in [1.82, 2.24) is 20.3 Å². The number of thiol groups is 1. The number of allylic oxidation sites excluding steroid dienone is 2. The predicted octanol–water partition coefficient (Wildman–Crippen LogP) is 3.15. The van der Waals surface area contributed by atoms with Gasteiger partial charge in [0.2, 0.25) is 10.0 Å². The van der Waals surface area contributed by atoms with Gasteiger partial charge in [0.05, 0.1) is 11.3 Å². The number of benzene rings is 1. The van der Waals surface area contributed by atoms with Gasteiger partial charge in [-0.1, -0.05) is 24.8 Å². The van der Waals surface area contributed by atoms with Gasteiger partial charge in [0.25, 0.3) is 5.91 Å². The molecule has 162 valence electrons. The van der Waals surface area contributed by atoms with Crippen molar-refractivity contribution in [3.05, 3.63) is 72.2 Å². The first-order chi connectivity index (χ1) is 14.8. The molecule has 0 atom stereocenters. The zero-order chi connectivity index (χ0) is 22.4. The molecule has 2 heterocycles. The number of imidazole rings is 1. The van der Waals surface area contributed by atoms with Crippen LogP contribution in [0.1, 0.15) is 28.7 Å². The van der Waals surface area contributed by atoms with Crippen molar-refractivity contribution in [2.45, 2.75) is 13.3 Å². The summed E-state index contributed by atoms with van der Waals surface area (Å²) in [7, 11) is -3.30.